The lowest BCUT2D eigenvalue weighted by atomic mass is 10.1. The summed E-state index contributed by atoms with van der Waals surface area (Å²) in [6, 6.07) is 3.05. The molecule has 1 unspecified atom stereocenters. The Balaban J connectivity index is 2.84. The molecule has 1 aromatic rings. The topological polar surface area (TPSA) is 66.4 Å². The highest BCUT2D eigenvalue weighted by atomic mass is 79.9. The number of carbonyl (C=O) groups is 2. The molecule has 0 fully saturated rings. The van der Waals surface area contributed by atoms with Crippen LogP contribution in [-0.2, 0) is 16.0 Å². The van der Waals surface area contributed by atoms with E-state index in [1.54, 1.807) is 6.07 Å². The summed E-state index contributed by atoms with van der Waals surface area (Å²) in [4.78, 5) is 20.9. The lowest BCUT2D eigenvalue weighted by Gasteiger charge is -2.11. The molecule has 1 atom stereocenters. The molecule has 0 saturated heterocycles. The van der Waals surface area contributed by atoms with Gasteiger partial charge in [0.15, 0.2) is 0 Å². The number of carboxylic acid groups (broad SMARTS) is 1. The molecule has 0 radical (unpaired) electrons. The van der Waals surface area contributed by atoms with Gasteiger partial charge in [-0.25, -0.2) is 9.18 Å². The maximum absolute atomic E-state index is 13.0. The van der Waals surface area contributed by atoms with E-state index in [2.05, 4.69) is 21.2 Å². The Morgan fingerprint density at radius 2 is 2.25 bits per heavy atom. The van der Waals surface area contributed by atoms with Crippen LogP contribution in [0.3, 0.4) is 0 Å². The van der Waals surface area contributed by atoms with Gasteiger partial charge in [-0.15, -0.1) is 0 Å². The minimum absolute atomic E-state index is 0.0322. The van der Waals surface area contributed by atoms with Crippen LogP contribution in [-0.4, -0.2) is 23.5 Å². The van der Waals surface area contributed by atoms with Gasteiger partial charge in [0.05, 0.1) is 0 Å². The van der Waals surface area contributed by atoms with Gasteiger partial charge >= 0.3 is 5.97 Å². The number of hydrogen-bond donors (Lipinski definition) is 2. The molecule has 2 N–H and O–H groups in total. The second-order valence-electron chi connectivity index (χ2n) is 3.16. The molecule has 1 aromatic carbocycles. The summed E-state index contributed by atoms with van der Waals surface area (Å²) in [6.45, 7) is 0. The number of rotatable bonds is 5. The Labute approximate surface area is 99.6 Å². The summed E-state index contributed by atoms with van der Waals surface area (Å²) in [5, 5.41) is 10.9. The molecule has 0 aliphatic heterocycles. The summed E-state index contributed by atoms with van der Waals surface area (Å²) in [5.74, 6) is -1.62. The van der Waals surface area contributed by atoms with E-state index in [0.29, 0.717) is 16.4 Å². The van der Waals surface area contributed by atoms with Crippen molar-refractivity contribution >= 4 is 28.3 Å². The van der Waals surface area contributed by atoms with Crippen LogP contribution in [0.5, 0.6) is 0 Å². The molecule has 0 aliphatic rings. The van der Waals surface area contributed by atoms with Crippen molar-refractivity contribution in [1.82, 2.24) is 5.32 Å². The van der Waals surface area contributed by atoms with Crippen LogP contribution in [0.2, 0.25) is 0 Å². The molecule has 16 heavy (non-hydrogen) atoms. The van der Waals surface area contributed by atoms with Gasteiger partial charge in [0.1, 0.15) is 11.9 Å². The van der Waals surface area contributed by atoms with Crippen LogP contribution >= 0.6 is 15.9 Å². The highest BCUT2D eigenvalue weighted by molar-refractivity contribution is 9.10. The smallest absolute Gasteiger partial charge is 0.326 e. The van der Waals surface area contributed by atoms with Crippen LogP contribution in [0.1, 0.15) is 5.56 Å². The van der Waals surface area contributed by atoms with Gasteiger partial charge in [-0.3, -0.25) is 4.79 Å². The number of aliphatic carboxylic acids is 1. The van der Waals surface area contributed by atoms with Gasteiger partial charge in [0, 0.05) is 10.9 Å². The van der Waals surface area contributed by atoms with Crippen molar-refractivity contribution in [1.29, 1.82) is 0 Å². The molecule has 0 heterocycles. The first-order valence-corrected chi connectivity index (χ1v) is 5.19. The van der Waals surface area contributed by atoms with Gasteiger partial charge in [-0.05, 0) is 23.8 Å². The molecule has 1 amide bonds. The standard InChI is InChI=1S/C10H9BrFNO3/c11-7-1-6(2-8(12)4-7)3-9(10(15)16)13-5-14/h1-2,4-5,9H,3H2,(H,13,14)(H,15,16). The Kier molecular flexibility index (Phi) is 4.42. The molecule has 6 heteroatoms. The third-order valence-electron chi connectivity index (χ3n) is 1.93. The van der Waals surface area contributed by atoms with E-state index >= 15 is 0 Å². The van der Waals surface area contributed by atoms with Crippen LogP contribution in [0, 0.1) is 5.82 Å². The summed E-state index contributed by atoms with van der Waals surface area (Å²) in [5.41, 5.74) is 0.494. The van der Waals surface area contributed by atoms with Crippen LogP contribution in [0.15, 0.2) is 22.7 Å². The average Bonchev–Trinajstić information content (AvgIpc) is 2.15. The van der Waals surface area contributed by atoms with Gasteiger partial charge < -0.3 is 10.4 Å². The van der Waals surface area contributed by atoms with Gasteiger partial charge in [0.2, 0.25) is 6.41 Å². The molecule has 0 bridgehead atoms. The van der Waals surface area contributed by atoms with E-state index in [0.717, 1.165) is 0 Å². The Hall–Kier alpha value is -1.43. The fourth-order valence-corrected chi connectivity index (χ4v) is 1.78. The average molecular weight is 290 g/mol. The Morgan fingerprint density at radius 3 is 2.75 bits per heavy atom. The third-order valence-corrected chi connectivity index (χ3v) is 2.39. The molecule has 0 spiro atoms. The van der Waals surface area contributed by atoms with Crippen molar-refractivity contribution in [3.8, 4) is 0 Å². The quantitative estimate of drug-likeness (QED) is 0.804. The second-order valence-corrected chi connectivity index (χ2v) is 4.07. The first kappa shape index (κ1) is 12.6. The maximum Gasteiger partial charge on any atom is 0.326 e. The predicted molar refractivity (Wildman–Crippen MR) is 58.4 cm³/mol. The van der Waals surface area contributed by atoms with Crippen molar-refractivity contribution in [3.63, 3.8) is 0 Å². The highest BCUT2D eigenvalue weighted by Gasteiger charge is 2.17. The summed E-state index contributed by atoms with van der Waals surface area (Å²) in [6.07, 6.45) is 0.345. The molecule has 4 nitrogen and oxygen atoms in total. The zero-order valence-electron chi connectivity index (χ0n) is 8.11. The van der Waals surface area contributed by atoms with Crippen LogP contribution < -0.4 is 5.32 Å². The lowest BCUT2D eigenvalue weighted by molar-refractivity contribution is -0.140. The number of amides is 1. The molecular weight excluding hydrogens is 281 g/mol. The molecule has 1 rings (SSSR count). The maximum atomic E-state index is 13.0. The van der Waals surface area contributed by atoms with Crippen LogP contribution in [0.25, 0.3) is 0 Å². The Morgan fingerprint density at radius 1 is 1.56 bits per heavy atom. The lowest BCUT2D eigenvalue weighted by Crippen LogP contribution is -2.37. The minimum Gasteiger partial charge on any atom is -0.480 e. The first-order chi connectivity index (χ1) is 7.52. The molecule has 0 aliphatic carbocycles. The normalized spacial score (nSPS) is 11.9. The third kappa shape index (κ3) is 3.62. The van der Waals surface area contributed by atoms with Gasteiger partial charge in [-0.1, -0.05) is 15.9 Å². The number of nitrogens with one attached hydrogen (secondary N) is 1. The summed E-state index contributed by atoms with van der Waals surface area (Å²) < 4.78 is 13.5. The molecule has 86 valence electrons. The SMILES string of the molecule is O=CNC(Cc1cc(F)cc(Br)c1)C(=O)O. The van der Waals surface area contributed by atoms with Crippen LogP contribution in [0.4, 0.5) is 4.39 Å². The van der Waals surface area contributed by atoms with E-state index in [-0.39, 0.29) is 6.42 Å². The number of benzene rings is 1. The van der Waals surface area contributed by atoms with Crippen molar-refractivity contribution in [2.45, 2.75) is 12.5 Å². The number of hydrogen-bond acceptors (Lipinski definition) is 2. The molecular formula is C10H9BrFNO3. The fraction of sp³-hybridized carbons (Fsp3) is 0.200. The first-order valence-electron chi connectivity index (χ1n) is 4.40. The number of halogens is 2. The fourth-order valence-electron chi connectivity index (χ4n) is 1.26. The van der Waals surface area contributed by atoms with E-state index in [1.807, 2.05) is 0 Å². The zero-order valence-corrected chi connectivity index (χ0v) is 9.70. The molecule has 0 saturated carbocycles. The minimum atomic E-state index is -1.16. The summed E-state index contributed by atoms with van der Waals surface area (Å²) in [7, 11) is 0. The predicted octanol–water partition coefficient (Wildman–Crippen LogP) is 1.33. The van der Waals surface area contributed by atoms with E-state index < -0.39 is 17.8 Å². The second kappa shape index (κ2) is 5.60. The summed E-state index contributed by atoms with van der Waals surface area (Å²) >= 11 is 3.10. The highest BCUT2D eigenvalue weighted by Crippen LogP contribution is 2.16. The Bertz CT molecular complexity index is 391. The van der Waals surface area contributed by atoms with Crippen molar-refractivity contribution in [2.24, 2.45) is 0 Å². The number of carboxylic acids is 1. The number of carbonyl (C=O) groups excluding carboxylic acids is 1. The van der Waals surface area contributed by atoms with E-state index in [9.17, 15) is 14.0 Å². The van der Waals surface area contributed by atoms with E-state index in [1.165, 1.54) is 12.1 Å². The van der Waals surface area contributed by atoms with Crippen molar-refractivity contribution in [3.05, 3.63) is 34.1 Å². The van der Waals surface area contributed by atoms with Crippen molar-refractivity contribution < 1.29 is 19.1 Å². The monoisotopic (exact) mass is 289 g/mol. The van der Waals surface area contributed by atoms with Crippen molar-refractivity contribution in [2.75, 3.05) is 0 Å². The van der Waals surface area contributed by atoms with E-state index in [4.69, 9.17) is 5.11 Å². The zero-order chi connectivity index (χ0) is 12.1. The van der Waals surface area contributed by atoms with Gasteiger partial charge in [-0.2, -0.15) is 0 Å². The largest absolute Gasteiger partial charge is 0.480 e. The van der Waals surface area contributed by atoms with Gasteiger partial charge in [0.25, 0.3) is 0 Å². The molecule has 0 aromatic heterocycles.